The van der Waals surface area contributed by atoms with Crippen molar-refractivity contribution in [2.75, 3.05) is 0 Å². The van der Waals surface area contributed by atoms with Crippen LogP contribution >= 0.6 is 11.6 Å². The van der Waals surface area contributed by atoms with E-state index in [1.54, 1.807) is 6.26 Å². The Bertz CT molecular complexity index is 463. The van der Waals surface area contributed by atoms with Crippen molar-refractivity contribution in [3.8, 4) is 5.75 Å². The maximum absolute atomic E-state index is 5.88. The summed E-state index contributed by atoms with van der Waals surface area (Å²) in [5, 5.41) is 0.718. The van der Waals surface area contributed by atoms with Crippen molar-refractivity contribution in [3.63, 3.8) is 0 Å². The van der Waals surface area contributed by atoms with Gasteiger partial charge in [0.15, 0.2) is 6.10 Å². The first-order valence-corrected chi connectivity index (χ1v) is 5.51. The molecule has 2 aromatic rings. The van der Waals surface area contributed by atoms with E-state index in [1.807, 2.05) is 44.2 Å². The van der Waals surface area contributed by atoms with E-state index in [0.29, 0.717) is 0 Å². The number of furan rings is 1. The maximum Gasteiger partial charge on any atom is 0.153 e. The molecule has 3 heteroatoms. The molecular formula is C13H13ClO2. The molecule has 0 saturated carbocycles. The maximum atomic E-state index is 5.88. The van der Waals surface area contributed by atoms with Crippen molar-refractivity contribution in [3.05, 3.63) is 52.9 Å². The number of rotatable bonds is 3. The number of ether oxygens (including phenoxy) is 1. The molecule has 0 amide bonds. The Labute approximate surface area is 99.8 Å². The van der Waals surface area contributed by atoms with Crippen molar-refractivity contribution in [1.82, 2.24) is 0 Å². The Morgan fingerprint density at radius 2 is 2.12 bits per heavy atom. The fourth-order valence-corrected chi connectivity index (χ4v) is 1.74. The third kappa shape index (κ3) is 2.39. The van der Waals surface area contributed by atoms with E-state index in [1.165, 1.54) is 0 Å². The quantitative estimate of drug-likeness (QED) is 0.789. The molecule has 2 rings (SSSR count). The molecule has 0 spiro atoms. The SMILES string of the molecule is Cc1cc(Cl)ccc1O[C@H](C)c1ccco1. The van der Waals surface area contributed by atoms with Gasteiger partial charge >= 0.3 is 0 Å². The van der Waals surface area contributed by atoms with Crippen LogP contribution in [0.3, 0.4) is 0 Å². The van der Waals surface area contributed by atoms with Crippen LogP contribution in [0.5, 0.6) is 5.75 Å². The smallest absolute Gasteiger partial charge is 0.153 e. The van der Waals surface area contributed by atoms with Crippen LogP contribution in [0.2, 0.25) is 5.02 Å². The zero-order valence-corrected chi connectivity index (χ0v) is 9.99. The topological polar surface area (TPSA) is 22.4 Å². The molecule has 0 radical (unpaired) electrons. The van der Waals surface area contributed by atoms with Crippen LogP contribution in [-0.4, -0.2) is 0 Å². The fourth-order valence-electron chi connectivity index (χ4n) is 1.52. The Balaban J connectivity index is 2.15. The number of hydrogen-bond donors (Lipinski definition) is 0. The van der Waals surface area contributed by atoms with E-state index >= 15 is 0 Å². The molecule has 0 aliphatic rings. The van der Waals surface area contributed by atoms with Crippen molar-refractivity contribution in [1.29, 1.82) is 0 Å². The first kappa shape index (κ1) is 11.1. The van der Waals surface area contributed by atoms with Gasteiger partial charge in [0.1, 0.15) is 11.5 Å². The van der Waals surface area contributed by atoms with Gasteiger partial charge in [-0.25, -0.2) is 0 Å². The molecule has 0 aliphatic heterocycles. The fraction of sp³-hybridized carbons (Fsp3) is 0.231. The standard InChI is InChI=1S/C13H13ClO2/c1-9-8-11(14)5-6-12(9)16-10(2)13-4-3-7-15-13/h3-8,10H,1-2H3/t10-/m1/s1. The first-order valence-electron chi connectivity index (χ1n) is 5.13. The molecule has 2 nitrogen and oxygen atoms in total. The number of benzene rings is 1. The van der Waals surface area contributed by atoms with Gasteiger partial charge in [0, 0.05) is 5.02 Å². The van der Waals surface area contributed by atoms with Crippen molar-refractivity contribution in [2.45, 2.75) is 20.0 Å². The number of halogens is 1. The van der Waals surface area contributed by atoms with E-state index in [4.69, 9.17) is 20.8 Å². The summed E-state index contributed by atoms with van der Waals surface area (Å²) in [6, 6.07) is 9.32. The van der Waals surface area contributed by atoms with E-state index in [2.05, 4.69) is 0 Å². The molecule has 0 bridgehead atoms. The lowest BCUT2D eigenvalue weighted by Crippen LogP contribution is -2.02. The molecule has 0 fully saturated rings. The molecule has 1 heterocycles. The minimum absolute atomic E-state index is 0.102. The average Bonchev–Trinajstić information content (AvgIpc) is 2.75. The number of aryl methyl sites for hydroxylation is 1. The predicted octanol–water partition coefficient (Wildman–Crippen LogP) is 4.38. The highest BCUT2D eigenvalue weighted by molar-refractivity contribution is 6.30. The summed E-state index contributed by atoms with van der Waals surface area (Å²) < 4.78 is 11.1. The van der Waals surface area contributed by atoms with Gasteiger partial charge in [-0.1, -0.05) is 11.6 Å². The van der Waals surface area contributed by atoms with Gasteiger partial charge in [0.05, 0.1) is 6.26 Å². The van der Waals surface area contributed by atoms with Crippen LogP contribution in [-0.2, 0) is 0 Å². The van der Waals surface area contributed by atoms with Gasteiger partial charge < -0.3 is 9.15 Å². The van der Waals surface area contributed by atoms with Crippen molar-refractivity contribution >= 4 is 11.6 Å². The number of hydrogen-bond acceptors (Lipinski definition) is 2. The third-order valence-corrected chi connectivity index (χ3v) is 2.62. The zero-order valence-electron chi connectivity index (χ0n) is 9.24. The van der Waals surface area contributed by atoms with Crippen molar-refractivity contribution < 1.29 is 9.15 Å². The van der Waals surface area contributed by atoms with Crippen LogP contribution in [0.1, 0.15) is 24.4 Å². The largest absolute Gasteiger partial charge is 0.483 e. The minimum Gasteiger partial charge on any atom is -0.483 e. The highest BCUT2D eigenvalue weighted by Crippen LogP contribution is 2.27. The molecule has 0 unspecified atom stereocenters. The molecule has 1 atom stereocenters. The molecular weight excluding hydrogens is 224 g/mol. The minimum atomic E-state index is -0.102. The average molecular weight is 237 g/mol. The van der Waals surface area contributed by atoms with E-state index in [-0.39, 0.29) is 6.10 Å². The lowest BCUT2D eigenvalue weighted by molar-refractivity contribution is 0.194. The Morgan fingerprint density at radius 1 is 1.31 bits per heavy atom. The summed E-state index contributed by atoms with van der Waals surface area (Å²) in [4.78, 5) is 0. The summed E-state index contributed by atoms with van der Waals surface area (Å²) in [5.41, 5.74) is 1.02. The van der Waals surface area contributed by atoms with E-state index in [9.17, 15) is 0 Å². The van der Waals surface area contributed by atoms with Crippen LogP contribution in [0.15, 0.2) is 41.0 Å². The van der Waals surface area contributed by atoms with Crippen molar-refractivity contribution in [2.24, 2.45) is 0 Å². The van der Waals surface area contributed by atoms with Gasteiger partial charge in [-0.05, 0) is 49.7 Å². The molecule has 0 saturated heterocycles. The molecule has 1 aromatic heterocycles. The van der Waals surface area contributed by atoms with Crippen LogP contribution in [0.4, 0.5) is 0 Å². The highest BCUT2D eigenvalue weighted by atomic mass is 35.5. The van der Waals surface area contributed by atoms with Gasteiger partial charge in [0.2, 0.25) is 0 Å². The summed E-state index contributed by atoms with van der Waals surface area (Å²) >= 11 is 5.88. The molecule has 0 aliphatic carbocycles. The predicted molar refractivity (Wildman–Crippen MR) is 63.9 cm³/mol. The molecule has 16 heavy (non-hydrogen) atoms. The molecule has 1 aromatic carbocycles. The second kappa shape index (κ2) is 4.62. The van der Waals surface area contributed by atoms with Gasteiger partial charge in [-0.2, -0.15) is 0 Å². The Morgan fingerprint density at radius 3 is 2.75 bits per heavy atom. The summed E-state index contributed by atoms with van der Waals surface area (Å²) in [6.07, 6.45) is 1.54. The van der Waals surface area contributed by atoms with Crippen LogP contribution in [0, 0.1) is 6.92 Å². The summed E-state index contributed by atoms with van der Waals surface area (Å²) in [5.74, 6) is 1.64. The lowest BCUT2D eigenvalue weighted by atomic mass is 10.2. The monoisotopic (exact) mass is 236 g/mol. The summed E-state index contributed by atoms with van der Waals surface area (Å²) in [7, 11) is 0. The van der Waals surface area contributed by atoms with E-state index in [0.717, 1.165) is 22.1 Å². The zero-order chi connectivity index (χ0) is 11.5. The Kier molecular flexibility index (Phi) is 3.20. The van der Waals surface area contributed by atoms with Crippen LogP contribution in [0.25, 0.3) is 0 Å². The van der Waals surface area contributed by atoms with Crippen LogP contribution < -0.4 is 4.74 Å². The summed E-state index contributed by atoms with van der Waals surface area (Å²) in [6.45, 7) is 3.92. The van der Waals surface area contributed by atoms with Gasteiger partial charge in [0.25, 0.3) is 0 Å². The third-order valence-electron chi connectivity index (χ3n) is 2.38. The highest BCUT2D eigenvalue weighted by Gasteiger charge is 2.11. The molecule has 84 valence electrons. The first-order chi connectivity index (χ1) is 7.66. The Hall–Kier alpha value is -1.41. The second-order valence-electron chi connectivity index (χ2n) is 3.69. The molecule has 0 N–H and O–H groups in total. The second-order valence-corrected chi connectivity index (χ2v) is 4.12. The normalized spacial score (nSPS) is 12.4. The van der Waals surface area contributed by atoms with Gasteiger partial charge in [-0.3, -0.25) is 0 Å². The van der Waals surface area contributed by atoms with E-state index < -0.39 is 0 Å². The lowest BCUT2D eigenvalue weighted by Gasteiger charge is -2.14. The van der Waals surface area contributed by atoms with Gasteiger partial charge in [-0.15, -0.1) is 0 Å².